The van der Waals surface area contributed by atoms with Crippen molar-refractivity contribution in [3.8, 4) is 0 Å². The van der Waals surface area contributed by atoms with E-state index in [2.05, 4.69) is 12.2 Å². The van der Waals surface area contributed by atoms with Crippen molar-refractivity contribution in [1.29, 1.82) is 0 Å². The second-order valence-corrected chi connectivity index (χ2v) is 9.54. The summed E-state index contributed by atoms with van der Waals surface area (Å²) < 4.78 is 26.0. The fourth-order valence-electron chi connectivity index (χ4n) is 3.29. The molecular weight excluding hydrogens is 352 g/mol. The van der Waals surface area contributed by atoms with Crippen LogP contribution in [0.1, 0.15) is 26.2 Å². The quantitative estimate of drug-likeness (QED) is 0.746. The third kappa shape index (κ3) is 4.75. The summed E-state index contributed by atoms with van der Waals surface area (Å²) in [5, 5.41) is 2.93. The zero-order chi connectivity index (χ0) is 19.5. The Morgan fingerprint density at radius 1 is 1.23 bits per heavy atom. The van der Waals surface area contributed by atoms with Crippen LogP contribution in [-0.4, -0.2) is 66.0 Å². The normalized spacial score (nSPS) is 20.8. The van der Waals surface area contributed by atoms with Gasteiger partial charge in [0.2, 0.25) is 10.0 Å². The van der Waals surface area contributed by atoms with E-state index in [1.807, 2.05) is 19.0 Å². The van der Waals surface area contributed by atoms with E-state index in [4.69, 9.17) is 0 Å². The SMILES string of the molecule is C[C@H]1CCCC[NH+]1CC(=O)Nc1cc(S(=O)(=O)N(C)C)ccc1N(C)C. The predicted molar refractivity (Wildman–Crippen MR) is 104 cm³/mol. The Morgan fingerprint density at radius 2 is 1.92 bits per heavy atom. The monoisotopic (exact) mass is 383 g/mol. The second-order valence-electron chi connectivity index (χ2n) is 7.39. The van der Waals surface area contributed by atoms with Gasteiger partial charge in [0, 0.05) is 28.2 Å². The lowest BCUT2D eigenvalue weighted by Crippen LogP contribution is -3.17. The van der Waals surface area contributed by atoms with Gasteiger partial charge in [-0.1, -0.05) is 0 Å². The number of quaternary nitrogens is 1. The van der Waals surface area contributed by atoms with Gasteiger partial charge in [0.25, 0.3) is 5.91 Å². The van der Waals surface area contributed by atoms with Crippen molar-refractivity contribution >= 4 is 27.3 Å². The van der Waals surface area contributed by atoms with Crippen molar-refractivity contribution in [2.45, 2.75) is 37.1 Å². The molecule has 0 aliphatic carbocycles. The summed E-state index contributed by atoms with van der Waals surface area (Å²) in [5.74, 6) is -0.0868. The van der Waals surface area contributed by atoms with Gasteiger partial charge in [-0.25, -0.2) is 12.7 Å². The van der Waals surface area contributed by atoms with Crippen LogP contribution < -0.4 is 15.1 Å². The third-order valence-corrected chi connectivity index (χ3v) is 6.78. The molecule has 8 heteroatoms. The average Bonchev–Trinajstić information content (AvgIpc) is 2.56. The van der Waals surface area contributed by atoms with Gasteiger partial charge in [-0.2, -0.15) is 0 Å². The molecule has 1 fully saturated rings. The van der Waals surface area contributed by atoms with Crippen LogP contribution in [0, 0.1) is 0 Å². The maximum absolute atomic E-state index is 12.6. The summed E-state index contributed by atoms with van der Waals surface area (Å²) in [7, 11) is 3.16. The first-order valence-electron chi connectivity index (χ1n) is 9.01. The number of hydrogen-bond donors (Lipinski definition) is 2. The van der Waals surface area contributed by atoms with Gasteiger partial charge < -0.3 is 15.1 Å². The first-order chi connectivity index (χ1) is 12.1. The minimum Gasteiger partial charge on any atom is -0.376 e. The highest BCUT2D eigenvalue weighted by atomic mass is 32.2. The van der Waals surface area contributed by atoms with E-state index in [-0.39, 0.29) is 10.8 Å². The molecule has 2 N–H and O–H groups in total. The number of rotatable bonds is 6. The van der Waals surface area contributed by atoms with Crippen LogP contribution in [0.2, 0.25) is 0 Å². The molecule has 0 radical (unpaired) electrons. The molecule has 0 spiro atoms. The van der Waals surface area contributed by atoms with Gasteiger partial charge in [-0.3, -0.25) is 4.79 Å². The van der Waals surface area contributed by atoms with Gasteiger partial charge in [0.15, 0.2) is 6.54 Å². The van der Waals surface area contributed by atoms with E-state index in [1.165, 1.54) is 35.8 Å². The highest BCUT2D eigenvalue weighted by Crippen LogP contribution is 2.28. The van der Waals surface area contributed by atoms with E-state index in [0.717, 1.165) is 25.1 Å². The Morgan fingerprint density at radius 3 is 2.50 bits per heavy atom. The molecule has 1 aliphatic rings. The van der Waals surface area contributed by atoms with Gasteiger partial charge in [-0.15, -0.1) is 0 Å². The highest BCUT2D eigenvalue weighted by molar-refractivity contribution is 7.89. The van der Waals surface area contributed by atoms with Crippen molar-refractivity contribution in [1.82, 2.24) is 4.31 Å². The van der Waals surface area contributed by atoms with E-state index in [9.17, 15) is 13.2 Å². The second kappa shape index (κ2) is 8.37. The average molecular weight is 384 g/mol. The molecular formula is C18H31N4O3S+. The zero-order valence-electron chi connectivity index (χ0n) is 16.4. The first-order valence-corrected chi connectivity index (χ1v) is 10.4. The summed E-state index contributed by atoms with van der Waals surface area (Å²) in [6, 6.07) is 5.31. The zero-order valence-corrected chi connectivity index (χ0v) is 17.2. The van der Waals surface area contributed by atoms with Crippen LogP contribution in [0.5, 0.6) is 0 Å². The highest BCUT2D eigenvalue weighted by Gasteiger charge is 2.25. The minimum atomic E-state index is -3.56. The molecule has 0 bridgehead atoms. The molecule has 1 heterocycles. The summed E-state index contributed by atoms with van der Waals surface area (Å²) in [6.07, 6.45) is 3.51. The molecule has 1 aromatic carbocycles. The summed E-state index contributed by atoms with van der Waals surface area (Å²) in [4.78, 5) is 15.9. The number of carbonyl (C=O) groups excluding carboxylic acids is 1. The topological polar surface area (TPSA) is 74.2 Å². The molecule has 2 rings (SSSR count). The molecule has 1 saturated heterocycles. The standard InChI is InChI=1S/C18H30N4O3S/c1-14-8-6-7-11-22(14)13-18(23)19-16-12-15(26(24,25)21(4)5)9-10-17(16)20(2)3/h9-10,12,14H,6-8,11,13H2,1-5H3,(H,19,23)/p+1/t14-/m0/s1. The van der Waals surface area contributed by atoms with Gasteiger partial charge in [-0.05, 0) is 44.4 Å². The van der Waals surface area contributed by atoms with E-state index in [1.54, 1.807) is 12.1 Å². The third-order valence-electron chi connectivity index (χ3n) is 4.97. The van der Waals surface area contributed by atoms with E-state index >= 15 is 0 Å². The van der Waals surface area contributed by atoms with Crippen LogP contribution in [0.15, 0.2) is 23.1 Å². The van der Waals surface area contributed by atoms with Crippen LogP contribution >= 0.6 is 0 Å². The molecule has 1 aromatic rings. The number of likely N-dealkylation sites (tertiary alicyclic amines) is 1. The molecule has 1 aliphatic heterocycles. The number of piperidine rings is 1. The largest absolute Gasteiger partial charge is 0.376 e. The Labute approximate surface area is 157 Å². The molecule has 2 atom stereocenters. The lowest BCUT2D eigenvalue weighted by Gasteiger charge is -2.29. The minimum absolute atomic E-state index is 0.0868. The first kappa shape index (κ1) is 20.7. The van der Waals surface area contributed by atoms with Crippen LogP contribution in [0.3, 0.4) is 0 Å². The van der Waals surface area contributed by atoms with Crippen molar-refractivity contribution in [3.05, 3.63) is 18.2 Å². The number of sulfonamides is 1. The van der Waals surface area contributed by atoms with Gasteiger partial charge >= 0.3 is 0 Å². The number of anilines is 2. The fraction of sp³-hybridized carbons (Fsp3) is 0.611. The van der Waals surface area contributed by atoms with Gasteiger partial charge in [0.1, 0.15) is 0 Å². The summed E-state index contributed by atoms with van der Waals surface area (Å²) in [5.41, 5.74) is 1.30. The summed E-state index contributed by atoms with van der Waals surface area (Å²) >= 11 is 0. The van der Waals surface area contributed by atoms with E-state index < -0.39 is 10.0 Å². The molecule has 0 saturated carbocycles. The van der Waals surface area contributed by atoms with Crippen LogP contribution in [0.4, 0.5) is 11.4 Å². The van der Waals surface area contributed by atoms with Crippen LogP contribution in [0.25, 0.3) is 0 Å². The Bertz CT molecular complexity index is 747. The van der Waals surface area contributed by atoms with E-state index in [0.29, 0.717) is 18.3 Å². The molecule has 146 valence electrons. The van der Waals surface area contributed by atoms with Crippen molar-refractivity contribution in [2.75, 3.05) is 51.5 Å². The van der Waals surface area contributed by atoms with Crippen molar-refractivity contribution < 1.29 is 18.1 Å². The maximum atomic E-state index is 12.6. The Hall–Kier alpha value is -1.64. The Kier molecular flexibility index (Phi) is 6.65. The molecule has 1 unspecified atom stereocenters. The summed E-state index contributed by atoms with van der Waals surface area (Å²) in [6.45, 7) is 3.58. The van der Waals surface area contributed by atoms with Crippen molar-refractivity contribution in [3.63, 3.8) is 0 Å². The predicted octanol–water partition coefficient (Wildman–Crippen LogP) is 0.399. The molecule has 7 nitrogen and oxygen atoms in total. The Balaban J connectivity index is 2.24. The molecule has 1 amide bonds. The molecule has 0 aromatic heterocycles. The maximum Gasteiger partial charge on any atom is 0.279 e. The van der Waals surface area contributed by atoms with Crippen molar-refractivity contribution in [2.24, 2.45) is 0 Å². The van der Waals surface area contributed by atoms with Crippen LogP contribution in [-0.2, 0) is 14.8 Å². The lowest BCUT2D eigenvalue weighted by atomic mass is 10.0. The number of nitrogens with zero attached hydrogens (tertiary/aromatic N) is 2. The number of nitrogens with one attached hydrogen (secondary N) is 2. The lowest BCUT2D eigenvalue weighted by molar-refractivity contribution is -0.920. The molecule has 26 heavy (non-hydrogen) atoms. The number of amides is 1. The number of benzene rings is 1. The number of carbonyl (C=O) groups is 1. The van der Waals surface area contributed by atoms with Gasteiger partial charge in [0.05, 0.1) is 28.9 Å². The smallest absolute Gasteiger partial charge is 0.279 e. The number of hydrogen-bond acceptors (Lipinski definition) is 4. The fourth-order valence-corrected chi connectivity index (χ4v) is 4.22.